The summed E-state index contributed by atoms with van der Waals surface area (Å²) >= 11 is 0. The Bertz CT molecular complexity index is 491. The van der Waals surface area contributed by atoms with Crippen LogP contribution in [0.3, 0.4) is 0 Å². The molecule has 0 heterocycles. The van der Waals surface area contributed by atoms with E-state index < -0.39 is 17.5 Å². The van der Waals surface area contributed by atoms with Crippen LogP contribution in [0.25, 0.3) is 0 Å². The zero-order valence-corrected chi connectivity index (χ0v) is 10.9. The lowest BCUT2D eigenvalue weighted by Crippen LogP contribution is -2.41. The first-order valence-electron chi connectivity index (χ1n) is 6.54. The number of benzene rings is 1. The van der Waals surface area contributed by atoms with E-state index in [1.54, 1.807) is 0 Å². The van der Waals surface area contributed by atoms with Crippen molar-refractivity contribution in [3.63, 3.8) is 0 Å². The third-order valence-electron chi connectivity index (χ3n) is 3.76. The lowest BCUT2D eigenvalue weighted by Gasteiger charge is -2.29. The van der Waals surface area contributed by atoms with Gasteiger partial charge >= 0.3 is 0 Å². The van der Waals surface area contributed by atoms with Gasteiger partial charge in [0.15, 0.2) is 0 Å². The molecular weight excluding hydrogens is 250 g/mol. The third-order valence-corrected chi connectivity index (χ3v) is 3.76. The molecule has 3 nitrogen and oxygen atoms in total. The predicted octanol–water partition coefficient (Wildman–Crippen LogP) is 2.86. The van der Waals surface area contributed by atoms with Crippen molar-refractivity contribution in [3.8, 4) is 0 Å². The molecule has 1 aliphatic carbocycles. The molecule has 0 aliphatic heterocycles. The lowest BCUT2D eigenvalue weighted by atomic mass is 9.86. The summed E-state index contributed by atoms with van der Waals surface area (Å²) in [5.74, 6) is -1.88. The maximum atomic E-state index is 13.6. The van der Waals surface area contributed by atoms with Crippen LogP contribution in [0.4, 0.5) is 14.5 Å². The van der Waals surface area contributed by atoms with Gasteiger partial charge in [0, 0.05) is 12.1 Å². The highest BCUT2D eigenvalue weighted by atomic mass is 19.1. The van der Waals surface area contributed by atoms with Crippen molar-refractivity contribution in [2.24, 2.45) is 5.92 Å². The first-order chi connectivity index (χ1) is 8.99. The highest BCUT2D eigenvalue weighted by Crippen LogP contribution is 2.24. The molecule has 0 bridgehead atoms. The van der Waals surface area contributed by atoms with Crippen molar-refractivity contribution in [2.45, 2.75) is 38.6 Å². The number of rotatable bonds is 2. The molecular formula is C14H18F2N2O. The maximum Gasteiger partial charge on any atom is 0.254 e. The smallest absolute Gasteiger partial charge is 0.254 e. The molecule has 1 aliphatic rings. The fraction of sp³-hybridized carbons (Fsp3) is 0.500. The number of amides is 1. The fourth-order valence-electron chi connectivity index (χ4n) is 2.52. The number of halogens is 2. The second-order valence-corrected chi connectivity index (χ2v) is 5.20. The van der Waals surface area contributed by atoms with Crippen LogP contribution in [0.1, 0.15) is 43.0 Å². The van der Waals surface area contributed by atoms with E-state index in [-0.39, 0.29) is 17.3 Å². The minimum atomic E-state index is -0.882. The number of hydrogen-bond donors (Lipinski definition) is 2. The van der Waals surface area contributed by atoms with Crippen molar-refractivity contribution in [2.75, 3.05) is 5.73 Å². The molecule has 0 aromatic heterocycles. The summed E-state index contributed by atoms with van der Waals surface area (Å²) in [6, 6.07) is 1.74. The molecule has 5 heteroatoms. The predicted molar refractivity (Wildman–Crippen MR) is 69.7 cm³/mol. The van der Waals surface area contributed by atoms with E-state index in [0.717, 1.165) is 31.7 Å². The van der Waals surface area contributed by atoms with Crippen LogP contribution in [0, 0.1) is 17.6 Å². The second kappa shape index (κ2) is 5.55. The highest BCUT2D eigenvalue weighted by molar-refractivity contribution is 5.95. The van der Waals surface area contributed by atoms with Crippen LogP contribution < -0.4 is 11.1 Å². The van der Waals surface area contributed by atoms with Gasteiger partial charge in [-0.1, -0.05) is 19.8 Å². The van der Waals surface area contributed by atoms with E-state index in [0.29, 0.717) is 12.0 Å². The van der Waals surface area contributed by atoms with Crippen LogP contribution >= 0.6 is 0 Å². The van der Waals surface area contributed by atoms with E-state index in [4.69, 9.17) is 5.73 Å². The first kappa shape index (κ1) is 13.8. The molecule has 104 valence electrons. The molecule has 0 radical (unpaired) electrons. The van der Waals surface area contributed by atoms with Crippen LogP contribution in [-0.2, 0) is 0 Å². The molecule has 2 rings (SSSR count). The lowest BCUT2D eigenvalue weighted by molar-refractivity contribution is 0.0906. The highest BCUT2D eigenvalue weighted by Gasteiger charge is 2.24. The average molecular weight is 268 g/mol. The minimum Gasteiger partial charge on any atom is -0.396 e. The number of hydrogen-bond acceptors (Lipinski definition) is 2. The number of carbonyl (C=O) groups is 1. The fourth-order valence-corrected chi connectivity index (χ4v) is 2.52. The molecule has 19 heavy (non-hydrogen) atoms. The normalized spacial score (nSPS) is 23.1. The molecule has 1 aromatic carbocycles. The maximum absolute atomic E-state index is 13.6. The van der Waals surface area contributed by atoms with E-state index in [1.807, 2.05) is 0 Å². The third kappa shape index (κ3) is 3.03. The van der Waals surface area contributed by atoms with Gasteiger partial charge in [-0.3, -0.25) is 4.79 Å². The Morgan fingerprint density at radius 3 is 2.63 bits per heavy atom. The van der Waals surface area contributed by atoms with Gasteiger partial charge in [-0.15, -0.1) is 0 Å². The Morgan fingerprint density at radius 2 is 1.95 bits per heavy atom. The zero-order valence-electron chi connectivity index (χ0n) is 10.9. The van der Waals surface area contributed by atoms with Gasteiger partial charge in [-0.2, -0.15) is 0 Å². The Balaban J connectivity index is 2.13. The Morgan fingerprint density at radius 1 is 1.26 bits per heavy atom. The van der Waals surface area contributed by atoms with Gasteiger partial charge < -0.3 is 11.1 Å². The van der Waals surface area contributed by atoms with Crippen LogP contribution in [0.5, 0.6) is 0 Å². The molecule has 3 N–H and O–H groups in total. The first-order valence-corrected chi connectivity index (χ1v) is 6.54. The molecule has 1 fully saturated rings. The van der Waals surface area contributed by atoms with Gasteiger partial charge in [-0.25, -0.2) is 8.78 Å². The average Bonchev–Trinajstić information content (AvgIpc) is 2.36. The zero-order chi connectivity index (χ0) is 14.0. The molecule has 0 spiro atoms. The van der Waals surface area contributed by atoms with Crippen LogP contribution in [0.2, 0.25) is 0 Å². The molecule has 2 atom stereocenters. The van der Waals surface area contributed by atoms with Gasteiger partial charge in [0.1, 0.15) is 11.6 Å². The summed E-state index contributed by atoms with van der Waals surface area (Å²) in [7, 11) is 0. The topological polar surface area (TPSA) is 55.1 Å². The van der Waals surface area contributed by atoms with E-state index in [1.165, 1.54) is 0 Å². The summed E-state index contributed by atoms with van der Waals surface area (Å²) in [6.45, 7) is 2.07. The van der Waals surface area contributed by atoms with Crippen molar-refractivity contribution < 1.29 is 13.6 Å². The number of anilines is 1. The van der Waals surface area contributed by atoms with Crippen molar-refractivity contribution in [1.82, 2.24) is 5.32 Å². The Kier molecular flexibility index (Phi) is 4.02. The molecule has 2 unspecified atom stereocenters. The Labute approximate surface area is 111 Å². The van der Waals surface area contributed by atoms with Gasteiger partial charge in [-0.05, 0) is 24.8 Å². The summed E-state index contributed by atoms with van der Waals surface area (Å²) in [6.07, 6.45) is 4.17. The molecule has 1 amide bonds. The molecule has 0 saturated heterocycles. The summed E-state index contributed by atoms with van der Waals surface area (Å²) in [4.78, 5) is 12.0. The standard InChI is InChI=1S/C14H18F2N2O/c1-8-4-2-3-5-13(8)18-14(19)9-6-12(17)11(16)7-10(9)15/h6-8,13H,2-5,17H2,1H3,(H,18,19). The van der Waals surface area contributed by atoms with Crippen LogP contribution in [0.15, 0.2) is 12.1 Å². The van der Waals surface area contributed by atoms with E-state index in [9.17, 15) is 13.6 Å². The summed E-state index contributed by atoms with van der Waals surface area (Å²) in [5, 5.41) is 2.82. The Hall–Kier alpha value is -1.65. The van der Waals surface area contributed by atoms with Crippen LogP contribution in [-0.4, -0.2) is 11.9 Å². The summed E-state index contributed by atoms with van der Waals surface area (Å²) < 4.78 is 26.6. The van der Waals surface area contributed by atoms with Gasteiger partial charge in [0.25, 0.3) is 5.91 Å². The van der Waals surface area contributed by atoms with E-state index in [2.05, 4.69) is 12.2 Å². The number of nitrogens with one attached hydrogen (secondary N) is 1. The second-order valence-electron chi connectivity index (χ2n) is 5.20. The SMILES string of the molecule is CC1CCCCC1NC(=O)c1cc(N)c(F)cc1F. The quantitative estimate of drug-likeness (QED) is 0.810. The monoisotopic (exact) mass is 268 g/mol. The van der Waals surface area contributed by atoms with Crippen molar-refractivity contribution in [1.29, 1.82) is 0 Å². The van der Waals surface area contributed by atoms with Crippen molar-refractivity contribution in [3.05, 3.63) is 29.3 Å². The molecule has 1 aromatic rings. The van der Waals surface area contributed by atoms with Gasteiger partial charge in [0.05, 0.1) is 11.3 Å². The van der Waals surface area contributed by atoms with Crippen molar-refractivity contribution >= 4 is 11.6 Å². The largest absolute Gasteiger partial charge is 0.396 e. The molecule has 1 saturated carbocycles. The summed E-state index contributed by atoms with van der Waals surface area (Å²) in [5.41, 5.74) is 4.95. The van der Waals surface area contributed by atoms with E-state index >= 15 is 0 Å². The number of carbonyl (C=O) groups excluding carboxylic acids is 1. The number of nitrogens with two attached hydrogens (primary N) is 1. The minimum absolute atomic E-state index is 0.0481. The van der Waals surface area contributed by atoms with Gasteiger partial charge in [0.2, 0.25) is 0 Å². The number of nitrogen functional groups attached to an aromatic ring is 1.